The van der Waals surface area contributed by atoms with E-state index in [0.29, 0.717) is 11.4 Å². The minimum atomic E-state index is -1.00. The lowest BCUT2D eigenvalue weighted by Crippen LogP contribution is -2.36. The molecule has 0 bridgehead atoms. The van der Waals surface area contributed by atoms with Crippen molar-refractivity contribution in [2.45, 2.75) is 12.7 Å². The molecule has 0 fully saturated rings. The van der Waals surface area contributed by atoms with Crippen LogP contribution in [0.4, 0.5) is 4.39 Å². The Morgan fingerprint density at radius 1 is 1.48 bits per heavy atom. The van der Waals surface area contributed by atoms with E-state index in [1.54, 1.807) is 6.07 Å². The van der Waals surface area contributed by atoms with Gasteiger partial charge in [-0.2, -0.15) is 5.10 Å². The minimum absolute atomic E-state index is 0.00266. The van der Waals surface area contributed by atoms with Crippen molar-refractivity contribution in [3.63, 3.8) is 0 Å². The zero-order valence-corrected chi connectivity index (χ0v) is 12.6. The Labute approximate surface area is 132 Å². The third-order valence-electron chi connectivity index (χ3n) is 3.08. The van der Waals surface area contributed by atoms with Gasteiger partial charge in [0.15, 0.2) is 5.69 Å². The quantitative estimate of drug-likeness (QED) is 0.691. The lowest BCUT2D eigenvalue weighted by molar-refractivity contribution is 0.0516. The van der Waals surface area contributed by atoms with Crippen LogP contribution >= 0.6 is 0 Å². The molecule has 124 valence electrons. The maximum absolute atomic E-state index is 13.0. The number of aliphatic hydroxyl groups is 2. The summed E-state index contributed by atoms with van der Waals surface area (Å²) in [6, 6.07) is 7.25. The number of hydrogen-bond donors (Lipinski definition) is 3. The van der Waals surface area contributed by atoms with E-state index in [4.69, 9.17) is 9.84 Å². The molecule has 0 radical (unpaired) electrons. The van der Waals surface area contributed by atoms with Crippen LogP contribution in [0.25, 0.3) is 0 Å². The molecule has 0 aliphatic carbocycles. The Hall–Kier alpha value is -2.45. The predicted octanol–water partition coefficient (Wildman–Crippen LogP) is 0.553. The van der Waals surface area contributed by atoms with Gasteiger partial charge in [-0.3, -0.25) is 9.89 Å². The number of aromatic nitrogens is 2. The number of nitrogens with one attached hydrogen (secondary N) is 1. The summed E-state index contributed by atoms with van der Waals surface area (Å²) >= 11 is 0. The molecule has 1 aromatic carbocycles. The first-order valence-electron chi connectivity index (χ1n) is 6.96. The molecule has 0 saturated carbocycles. The van der Waals surface area contributed by atoms with Crippen LogP contribution in [0.5, 0.6) is 5.75 Å². The van der Waals surface area contributed by atoms with Crippen molar-refractivity contribution in [2.24, 2.45) is 0 Å². The molecule has 0 spiro atoms. The molecule has 8 heteroatoms. The summed E-state index contributed by atoms with van der Waals surface area (Å²) in [6.07, 6.45) is -1.00. The number of aliphatic hydroxyl groups excluding tert-OH is 2. The average Bonchev–Trinajstić information content (AvgIpc) is 3.01. The fourth-order valence-electron chi connectivity index (χ4n) is 1.92. The van der Waals surface area contributed by atoms with E-state index in [9.17, 15) is 14.3 Å². The third kappa shape index (κ3) is 4.76. The van der Waals surface area contributed by atoms with Crippen molar-refractivity contribution in [1.29, 1.82) is 0 Å². The summed E-state index contributed by atoms with van der Waals surface area (Å²) in [7, 11) is 1.50. The fraction of sp³-hybridized carbons (Fsp3) is 0.333. The summed E-state index contributed by atoms with van der Waals surface area (Å²) in [4.78, 5) is 13.3. The Morgan fingerprint density at radius 3 is 2.96 bits per heavy atom. The number of aromatic amines is 1. The van der Waals surface area contributed by atoms with Crippen molar-refractivity contribution in [3.05, 3.63) is 47.5 Å². The molecule has 2 aromatic rings. The van der Waals surface area contributed by atoms with Crippen molar-refractivity contribution >= 4 is 5.91 Å². The standard InChI is InChI=1S/C15H18FN3O4/c1-19(7-12(21)8-20)15(22)14-6-11(17-18-14)9-23-13-4-2-3-10(16)5-13/h2-6,12,20-21H,7-9H2,1H3,(H,17,18). The van der Waals surface area contributed by atoms with Gasteiger partial charge >= 0.3 is 0 Å². The first-order valence-corrected chi connectivity index (χ1v) is 6.96. The van der Waals surface area contributed by atoms with E-state index in [0.717, 1.165) is 0 Å². The Morgan fingerprint density at radius 2 is 2.26 bits per heavy atom. The van der Waals surface area contributed by atoms with Crippen LogP contribution in [-0.2, 0) is 6.61 Å². The monoisotopic (exact) mass is 323 g/mol. The summed E-state index contributed by atoms with van der Waals surface area (Å²) in [5.74, 6) is -0.423. The summed E-state index contributed by atoms with van der Waals surface area (Å²) < 4.78 is 18.4. The molecule has 23 heavy (non-hydrogen) atoms. The SMILES string of the molecule is CN(CC(O)CO)C(=O)c1cc(COc2cccc(F)c2)[nH]n1. The highest BCUT2D eigenvalue weighted by atomic mass is 19.1. The molecular formula is C15H18FN3O4. The second-order valence-corrected chi connectivity index (χ2v) is 5.05. The van der Waals surface area contributed by atoms with Crippen LogP contribution < -0.4 is 4.74 Å². The topological polar surface area (TPSA) is 98.7 Å². The number of likely N-dealkylation sites (N-methyl/N-ethyl adjacent to an activating group) is 1. The van der Waals surface area contributed by atoms with Crippen molar-refractivity contribution in [2.75, 3.05) is 20.2 Å². The van der Waals surface area contributed by atoms with Crippen LogP contribution in [0.15, 0.2) is 30.3 Å². The largest absolute Gasteiger partial charge is 0.487 e. The van der Waals surface area contributed by atoms with Crippen LogP contribution in [0.1, 0.15) is 16.2 Å². The number of carbonyl (C=O) groups excluding carboxylic acids is 1. The van der Waals surface area contributed by atoms with Crippen LogP contribution in [-0.4, -0.2) is 57.5 Å². The van der Waals surface area contributed by atoms with Crippen LogP contribution in [0.2, 0.25) is 0 Å². The smallest absolute Gasteiger partial charge is 0.274 e. The number of nitrogens with zero attached hydrogens (tertiary/aromatic N) is 2. The molecular weight excluding hydrogens is 305 g/mol. The van der Waals surface area contributed by atoms with Crippen molar-refractivity contribution < 1.29 is 24.1 Å². The summed E-state index contributed by atoms with van der Waals surface area (Å²) in [5, 5.41) is 24.7. The maximum atomic E-state index is 13.0. The molecule has 1 aromatic heterocycles. The van der Waals surface area contributed by atoms with Gasteiger partial charge < -0.3 is 19.8 Å². The first kappa shape index (κ1) is 16.9. The Kier molecular flexibility index (Phi) is 5.67. The minimum Gasteiger partial charge on any atom is -0.487 e. The number of halogens is 1. The number of rotatable bonds is 7. The van der Waals surface area contributed by atoms with Crippen LogP contribution in [0.3, 0.4) is 0 Å². The van der Waals surface area contributed by atoms with Gasteiger partial charge in [-0.25, -0.2) is 4.39 Å². The fourth-order valence-corrected chi connectivity index (χ4v) is 1.92. The Balaban J connectivity index is 1.93. The second-order valence-electron chi connectivity index (χ2n) is 5.05. The van der Waals surface area contributed by atoms with Crippen molar-refractivity contribution in [1.82, 2.24) is 15.1 Å². The third-order valence-corrected chi connectivity index (χ3v) is 3.08. The number of carbonyl (C=O) groups is 1. The number of hydrogen-bond acceptors (Lipinski definition) is 5. The summed E-state index contributed by atoms with van der Waals surface area (Å²) in [5.41, 5.74) is 0.712. The van der Waals surface area contributed by atoms with Gasteiger partial charge in [-0.1, -0.05) is 6.07 Å². The van der Waals surface area contributed by atoms with E-state index in [1.165, 1.54) is 36.2 Å². The predicted molar refractivity (Wildman–Crippen MR) is 79.4 cm³/mol. The number of H-pyrrole nitrogens is 1. The highest BCUT2D eigenvalue weighted by Crippen LogP contribution is 2.14. The van der Waals surface area contributed by atoms with Crippen molar-refractivity contribution in [3.8, 4) is 5.75 Å². The molecule has 2 rings (SSSR count). The van der Waals surface area contributed by atoms with Gasteiger partial charge in [0.2, 0.25) is 0 Å². The van der Waals surface area contributed by atoms with Gasteiger partial charge in [-0.15, -0.1) is 0 Å². The number of ether oxygens (including phenoxy) is 1. The van der Waals surface area contributed by atoms with Gasteiger partial charge in [0.25, 0.3) is 5.91 Å². The van der Waals surface area contributed by atoms with Gasteiger partial charge in [0.1, 0.15) is 18.2 Å². The van der Waals surface area contributed by atoms with Crippen LogP contribution in [0, 0.1) is 5.82 Å². The zero-order chi connectivity index (χ0) is 16.8. The normalized spacial score (nSPS) is 12.0. The molecule has 7 nitrogen and oxygen atoms in total. The molecule has 3 N–H and O–H groups in total. The number of amides is 1. The lowest BCUT2D eigenvalue weighted by Gasteiger charge is -2.18. The average molecular weight is 323 g/mol. The van der Waals surface area contributed by atoms with E-state index < -0.39 is 24.4 Å². The van der Waals surface area contributed by atoms with E-state index in [2.05, 4.69) is 10.2 Å². The first-order chi connectivity index (χ1) is 11.0. The molecule has 1 heterocycles. The molecule has 1 amide bonds. The molecule has 1 unspecified atom stereocenters. The highest BCUT2D eigenvalue weighted by molar-refractivity contribution is 5.92. The second kappa shape index (κ2) is 7.70. The zero-order valence-electron chi connectivity index (χ0n) is 12.6. The van der Waals surface area contributed by atoms with Gasteiger partial charge in [0, 0.05) is 19.7 Å². The molecule has 0 aliphatic heterocycles. The molecule has 0 saturated heterocycles. The highest BCUT2D eigenvalue weighted by Gasteiger charge is 2.18. The molecule has 0 aliphatic rings. The lowest BCUT2D eigenvalue weighted by atomic mass is 10.3. The Bertz CT molecular complexity index is 662. The van der Waals surface area contributed by atoms with E-state index >= 15 is 0 Å². The summed E-state index contributed by atoms with van der Waals surface area (Å²) in [6.45, 7) is -0.324. The maximum Gasteiger partial charge on any atom is 0.274 e. The van der Waals surface area contributed by atoms with Gasteiger partial charge in [0.05, 0.1) is 18.4 Å². The number of benzene rings is 1. The van der Waals surface area contributed by atoms with E-state index in [-0.39, 0.29) is 18.8 Å². The van der Waals surface area contributed by atoms with Gasteiger partial charge in [-0.05, 0) is 18.2 Å². The van der Waals surface area contributed by atoms with E-state index in [1.807, 2.05) is 0 Å². The molecule has 1 atom stereocenters.